The number of carbonyl (C=O) groups excluding carboxylic acids is 4. The van der Waals surface area contributed by atoms with Crippen LogP contribution in [0.4, 0.5) is 0 Å². The lowest BCUT2D eigenvalue weighted by Crippen LogP contribution is -2.30. The maximum absolute atomic E-state index is 13.1. The standard InChI is InChI=1S/C22H17BrO6S.C15H11BrO4/c1-12-4-6-13(7-5-12)30(26,27)29-21-18(23)20(25)17-14-10-11-22(2,3)28-16(14)9-8-15(17)19(21)24;1-15(2)6-5-7-9(20-15)4-3-8-10(7)13(18)11(16)14(19)12(8)17/h4-11H,1-3H3;3-6,18H,1-2H3. The normalized spacial score (nSPS) is 18.2. The molecule has 1 N–H and O–H groups in total. The molecule has 0 aromatic heterocycles. The van der Waals surface area contributed by atoms with Crippen LogP contribution >= 0.6 is 31.9 Å². The largest absolute Gasteiger partial charge is 0.506 e. The summed E-state index contributed by atoms with van der Waals surface area (Å²) in [7, 11) is -4.30. The first-order chi connectivity index (χ1) is 23.3. The minimum atomic E-state index is -4.30. The van der Waals surface area contributed by atoms with Crippen molar-refractivity contribution in [2.24, 2.45) is 0 Å². The van der Waals surface area contributed by atoms with Gasteiger partial charge in [-0.1, -0.05) is 29.8 Å². The number of fused-ring (bicyclic) bond motifs is 6. The summed E-state index contributed by atoms with van der Waals surface area (Å²) in [6.45, 7) is 9.38. The summed E-state index contributed by atoms with van der Waals surface area (Å²) in [4.78, 5) is 49.7. The van der Waals surface area contributed by atoms with E-state index >= 15 is 0 Å². The number of hydrogen-bond donors (Lipinski definition) is 1. The van der Waals surface area contributed by atoms with Gasteiger partial charge in [0.25, 0.3) is 0 Å². The van der Waals surface area contributed by atoms with Gasteiger partial charge in [-0.3, -0.25) is 19.2 Å². The van der Waals surface area contributed by atoms with Crippen LogP contribution in [0.1, 0.15) is 81.0 Å². The fourth-order valence-corrected chi connectivity index (χ4v) is 7.49. The molecule has 0 saturated heterocycles. The molecule has 3 aromatic rings. The molecule has 0 unspecified atom stereocenters. The Morgan fingerprint density at radius 2 is 1.16 bits per heavy atom. The van der Waals surface area contributed by atoms with Crippen molar-refractivity contribution in [3.63, 3.8) is 0 Å². The predicted octanol–water partition coefficient (Wildman–Crippen LogP) is 7.83. The van der Waals surface area contributed by atoms with Gasteiger partial charge in [-0.15, -0.1) is 0 Å². The number of Topliss-reactive ketones (excluding diaryl/α,β-unsaturated/α-hetero) is 4. The number of aliphatic hydroxyl groups excluding tert-OH is 1. The van der Waals surface area contributed by atoms with Crippen LogP contribution in [0.5, 0.6) is 11.5 Å². The SMILES string of the molecule is CC1(C)C=Cc2c(ccc3c2C(O)=C(Br)C(=O)C3=O)O1.Cc1ccc(S(=O)(=O)OC2=C(Br)C(=O)c3c(ccc4c3C=CC(C)(C)O4)C2=O)cc1. The average molecular weight is 824 g/mol. The van der Waals surface area contributed by atoms with Gasteiger partial charge in [0.15, 0.2) is 0 Å². The highest BCUT2D eigenvalue weighted by molar-refractivity contribution is 9.12. The molecule has 0 amide bonds. The minimum absolute atomic E-state index is 0.0593. The Bertz CT molecular complexity index is 2310. The molecule has 13 heteroatoms. The summed E-state index contributed by atoms with van der Waals surface area (Å²) in [6, 6.07) is 12.2. The van der Waals surface area contributed by atoms with Crippen molar-refractivity contribution in [3.05, 3.63) is 114 Å². The number of ether oxygens (including phenoxy) is 2. The molecule has 7 rings (SSSR count). The van der Waals surface area contributed by atoms with Crippen molar-refractivity contribution in [1.29, 1.82) is 0 Å². The number of halogens is 2. The number of carbonyl (C=O) groups is 4. The molecule has 0 radical (unpaired) electrons. The van der Waals surface area contributed by atoms with Crippen LogP contribution < -0.4 is 9.47 Å². The Morgan fingerprint density at radius 3 is 1.70 bits per heavy atom. The fourth-order valence-electron chi connectivity index (χ4n) is 5.60. The second-order valence-electron chi connectivity index (χ2n) is 12.9. The van der Waals surface area contributed by atoms with Crippen LogP contribution in [-0.4, -0.2) is 47.9 Å². The number of ketones is 4. The summed E-state index contributed by atoms with van der Waals surface area (Å²) in [5.41, 5.74) is 1.70. The van der Waals surface area contributed by atoms with E-state index < -0.39 is 50.2 Å². The molecule has 0 bridgehead atoms. The number of allylic oxidation sites excluding steroid dienone is 3. The van der Waals surface area contributed by atoms with Crippen molar-refractivity contribution in [3.8, 4) is 11.5 Å². The van der Waals surface area contributed by atoms with Gasteiger partial charge < -0.3 is 18.8 Å². The number of rotatable bonds is 3. The van der Waals surface area contributed by atoms with Gasteiger partial charge in [-0.2, -0.15) is 8.42 Å². The van der Waals surface area contributed by atoms with E-state index in [0.29, 0.717) is 28.2 Å². The van der Waals surface area contributed by atoms with Crippen molar-refractivity contribution in [1.82, 2.24) is 0 Å². The molecule has 2 aliphatic carbocycles. The lowest BCUT2D eigenvalue weighted by Gasteiger charge is -2.30. The summed E-state index contributed by atoms with van der Waals surface area (Å²) >= 11 is 6.05. The minimum Gasteiger partial charge on any atom is -0.506 e. The molecule has 50 heavy (non-hydrogen) atoms. The van der Waals surface area contributed by atoms with E-state index in [1.54, 1.807) is 42.5 Å². The molecule has 0 fully saturated rings. The van der Waals surface area contributed by atoms with Gasteiger partial charge in [0.1, 0.15) is 42.3 Å². The van der Waals surface area contributed by atoms with E-state index in [2.05, 4.69) is 31.9 Å². The van der Waals surface area contributed by atoms with Crippen LogP contribution in [0.3, 0.4) is 0 Å². The van der Waals surface area contributed by atoms with Crippen LogP contribution in [0.2, 0.25) is 0 Å². The van der Waals surface area contributed by atoms with E-state index in [1.807, 2.05) is 40.7 Å². The first-order valence-corrected chi connectivity index (χ1v) is 18.1. The third-order valence-corrected chi connectivity index (χ3v) is 10.8. The quantitative estimate of drug-likeness (QED) is 0.205. The van der Waals surface area contributed by atoms with Gasteiger partial charge in [-0.05, 0) is 115 Å². The van der Waals surface area contributed by atoms with Gasteiger partial charge in [0.05, 0.1) is 0 Å². The Balaban J connectivity index is 0.000000187. The van der Waals surface area contributed by atoms with Gasteiger partial charge in [0.2, 0.25) is 28.9 Å². The molecule has 0 spiro atoms. The van der Waals surface area contributed by atoms with Gasteiger partial charge in [0, 0.05) is 33.4 Å². The Hall–Kier alpha value is -4.59. The van der Waals surface area contributed by atoms with Crippen LogP contribution in [0, 0.1) is 6.92 Å². The van der Waals surface area contributed by atoms with Crippen LogP contribution in [0.25, 0.3) is 17.9 Å². The molecular weight excluding hydrogens is 796 g/mol. The molecule has 2 heterocycles. The molecule has 10 nitrogen and oxygen atoms in total. The highest BCUT2D eigenvalue weighted by atomic mass is 79.9. The third-order valence-electron chi connectivity index (χ3n) is 8.13. The van der Waals surface area contributed by atoms with E-state index in [4.69, 9.17) is 13.7 Å². The molecule has 3 aromatic carbocycles. The van der Waals surface area contributed by atoms with Crippen LogP contribution in [0.15, 0.2) is 80.3 Å². The number of aryl methyl sites for hydroxylation is 1. The zero-order chi connectivity index (χ0) is 36.5. The van der Waals surface area contributed by atoms with E-state index in [-0.39, 0.29) is 36.3 Å². The maximum atomic E-state index is 13.1. The van der Waals surface area contributed by atoms with Gasteiger partial charge >= 0.3 is 10.1 Å². The topological polar surface area (TPSA) is 150 Å². The highest BCUT2D eigenvalue weighted by Crippen LogP contribution is 2.42. The molecular formula is C37H28Br2O10S. The summed E-state index contributed by atoms with van der Waals surface area (Å²) in [6.07, 6.45) is 7.17. The third kappa shape index (κ3) is 6.18. The zero-order valence-electron chi connectivity index (χ0n) is 27.2. The first kappa shape index (κ1) is 35.2. The Morgan fingerprint density at radius 1 is 0.660 bits per heavy atom. The summed E-state index contributed by atoms with van der Waals surface area (Å²) in [5, 5.41) is 10.2. The summed E-state index contributed by atoms with van der Waals surface area (Å²) < 4.78 is 41.7. The predicted molar refractivity (Wildman–Crippen MR) is 192 cm³/mol. The van der Waals surface area contributed by atoms with Crippen molar-refractivity contribution >= 4 is 83.0 Å². The monoisotopic (exact) mass is 822 g/mol. The van der Waals surface area contributed by atoms with Crippen LogP contribution in [-0.2, 0) is 19.1 Å². The van der Waals surface area contributed by atoms with Crippen molar-refractivity contribution in [2.75, 3.05) is 0 Å². The van der Waals surface area contributed by atoms with E-state index in [1.165, 1.54) is 24.3 Å². The molecule has 256 valence electrons. The lowest BCUT2D eigenvalue weighted by molar-refractivity contribution is -0.111. The molecule has 0 atom stereocenters. The highest BCUT2D eigenvalue weighted by Gasteiger charge is 2.39. The summed E-state index contributed by atoms with van der Waals surface area (Å²) in [5.74, 6) is -2.37. The van der Waals surface area contributed by atoms with Crippen molar-refractivity contribution < 1.29 is 46.4 Å². The molecule has 4 aliphatic rings. The van der Waals surface area contributed by atoms with E-state index in [9.17, 15) is 32.7 Å². The second-order valence-corrected chi connectivity index (χ2v) is 16.0. The number of hydrogen-bond acceptors (Lipinski definition) is 10. The first-order valence-electron chi connectivity index (χ1n) is 15.1. The van der Waals surface area contributed by atoms with Crippen molar-refractivity contribution in [2.45, 2.75) is 50.7 Å². The van der Waals surface area contributed by atoms with E-state index in [0.717, 1.165) is 5.56 Å². The smallest absolute Gasteiger partial charge is 0.339 e. The lowest BCUT2D eigenvalue weighted by atomic mass is 9.87. The fraction of sp³-hybridized carbons (Fsp3) is 0.189. The average Bonchev–Trinajstić information content (AvgIpc) is 3.06. The Kier molecular flexibility index (Phi) is 8.69. The Labute approximate surface area is 304 Å². The van der Waals surface area contributed by atoms with Gasteiger partial charge in [-0.25, -0.2) is 0 Å². The number of benzene rings is 3. The zero-order valence-corrected chi connectivity index (χ0v) is 31.2. The number of aliphatic hydroxyl groups is 1. The molecule has 0 saturated carbocycles. The second kappa shape index (κ2) is 12.3. The maximum Gasteiger partial charge on any atom is 0.339 e. The molecule has 2 aliphatic heterocycles.